The monoisotopic (exact) mass is 308 g/mol. The first-order valence-corrected chi connectivity index (χ1v) is 8.51. The largest absolute Gasteiger partial charge is 0.228 e. The molecule has 0 aromatic carbocycles. The maximum absolute atomic E-state index is 11.9. The van der Waals surface area contributed by atoms with Crippen LogP contribution in [0.15, 0.2) is 17.5 Å². The van der Waals surface area contributed by atoms with Crippen molar-refractivity contribution in [2.45, 2.75) is 29.3 Å². The molecular weight excluding hydrogens is 296 g/mol. The highest BCUT2D eigenvalue weighted by atomic mass is 79.9. The third kappa shape index (κ3) is 2.45. The number of alkyl halides is 1. The van der Waals surface area contributed by atoms with Crippen LogP contribution >= 0.6 is 27.3 Å². The van der Waals surface area contributed by atoms with Crippen LogP contribution in [0.25, 0.3) is 0 Å². The molecule has 1 saturated heterocycles. The number of halogens is 1. The fourth-order valence-electron chi connectivity index (χ4n) is 1.94. The van der Waals surface area contributed by atoms with Crippen molar-refractivity contribution in [1.82, 2.24) is 0 Å². The fourth-order valence-corrected chi connectivity index (χ4v) is 6.46. The van der Waals surface area contributed by atoms with E-state index in [4.69, 9.17) is 0 Å². The molecular formula is C10H13BrO2S2. The molecule has 1 aliphatic heterocycles. The fraction of sp³-hybridized carbons (Fsp3) is 0.600. The van der Waals surface area contributed by atoms with Gasteiger partial charge in [-0.25, -0.2) is 8.42 Å². The van der Waals surface area contributed by atoms with Crippen LogP contribution in [0.4, 0.5) is 0 Å². The maximum atomic E-state index is 11.9. The van der Waals surface area contributed by atoms with Gasteiger partial charge < -0.3 is 0 Å². The summed E-state index contributed by atoms with van der Waals surface area (Å²) in [5.74, 6) is 0.352. The Morgan fingerprint density at radius 3 is 2.87 bits per heavy atom. The zero-order valence-corrected chi connectivity index (χ0v) is 11.4. The molecule has 2 nitrogen and oxygen atoms in total. The van der Waals surface area contributed by atoms with Gasteiger partial charge in [-0.2, -0.15) is 0 Å². The zero-order chi connectivity index (χ0) is 10.9. The van der Waals surface area contributed by atoms with Crippen molar-refractivity contribution in [3.8, 4) is 0 Å². The highest BCUT2D eigenvalue weighted by Crippen LogP contribution is 2.38. The van der Waals surface area contributed by atoms with Crippen LogP contribution in [-0.4, -0.2) is 19.4 Å². The lowest BCUT2D eigenvalue weighted by Gasteiger charge is -2.25. The molecule has 0 aliphatic carbocycles. The van der Waals surface area contributed by atoms with Gasteiger partial charge in [-0.1, -0.05) is 28.4 Å². The van der Waals surface area contributed by atoms with Gasteiger partial charge in [0.05, 0.1) is 15.8 Å². The van der Waals surface area contributed by atoms with E-state index >= 15 is 0 Å². The Morgan fingerprint density at radius 2 is 2.27 bits per heavy atom. The van der Waals surface area contributed by atoms with Crippen LogP contribution in [0.2, 0.25) is 0 Å². The molecule has 1 aromatic rings. The van der Waals surface area contributed by atoms with E-state index in [-0.39, 0.29) is 10.1 Å². The minimum atomic E-state index is -2.89. The number of hydrogen-bond donors (Lipinski definition) is 0. The topological polar surface area (TPSA) is 34.1 Å². The minimum absolute atomic E-state index is 0.0252. The average molecular weight is 309 g/mol. The molecule has 1 fully saturated rings. The van der Waals surface area contributed by atoms with Crippen LogP contribution in [0.3, 0.4) is 0 Å². The van der Waals surface area contributed by atoms with Gasteiger partial charge in [0.1, 0.15) is 0 Å². The summed E-state index contributed by atoms with van der Waals surface area (Å²) in [5.41, 5.74) is 0. The predicted octanol–water partition coefficient (Wildman–Crippen LogP) is 3.15. The van der Waals surface area contributed by atoms with Crippen molar-refractivity contribution in [1.29, 1.82) is 0 Å². The predicted molar refractivity (Wildman–Crippen MR) is 67.4 cm³/mol. The molecule has 1 aliphatic rings. The number of rotatable bonds is 2. The highest BCUT2D eigenvalue weighted by Gasteiger charge is 2.35. The minimum Gasteiger partial charge on any atom is -0.228 e. The molecule has 0 saturated carbocycles. The van der Waals surface area contributed by atoms with Gasteiger partial charge in [0.15, 0.2) is 9.84 Å². The second kappa shape index (κ2) is 4.55. The van der Waals surface area contributed by atoms with E-state index in [0.717, 1.165) is 24.1 Å². The Hall–Kier alpha value is 0.130. The lowest BCUT2D eigenvalue weighted by Crippen LogP contribution is -2.31. The van der Waals surface area contributed by atoms with E-state index in [0.29, 0.717) is 5.75 Å². The molecule has 0 radical (unpaired) electrons. The average Bonchev–Trinajstić information content (AvgIpc) is 2.69. The van der Waals surface area contributed by atoms with E-state index in [1.165, 1.54) is 0 Å². The van der Waals surface area contributed by atoms with Gasteiger partial charge in [0.2, 0.25) is 0 Å². The van der Waals surface area contributed by atoms with Gasteiger partial charge >= 0.3 is 0 Å². The molecule has 2 atom stereocenters. The van der Waals surface area contributed by atoms with Crippen molar-refractivity contribution in [2.24, 2.45) is 0 Å². The standard InChI is InChI=1S/C10H13BrO2S2/c11-10(8-4-3-6-14-8)9-5-1-2-7-15(9,12)13/h3-4,6,9-10H,1-2,5,7H2. The molecule has 2 unspecified atom stereocenters. The third-order valence-electron chi connectivity index (χ3n) is 2.77. The van der Waals surface area contributed by atoms with Crippen LogP contribution in [0.1, 0.15) is 29.0 Å². The normalized spacial score (nSPS) is 27.4. The number of sulfone groups is 1. The maximum Gasteiger partial charge on any atom is 0.154 e. The first kappa shape index (κ1) is 11.6. The Morgan fingerprint density at radius 1 is 1.47 bits per heavy atom. The molecule has 2 heterocycles. The van der Waals surface area contributed by atoms with Gasteiger partial charge in [-0.05, 0) is 24.3 Å². The Balaban J connectivity index is 2.23. The van der Waals surface area contributed by atoms with Crippen LogP contribution in [0.5, 0.6) is 0 Å². The second-order valence-electron chi connectivity index (χ2n) is 3.82. The summed E-state index contributed by atoms with van der Waals surface area (Å²) in [4.78, 5) is 1.09. The van der Waals surface area contributed by atoms with Crippen LogP contribution < -0.4 is 0 Å². The van der Waals surface area contributed by atoms with Gasteiger partial charge in [-0.3, -0.25) is 0 Å². The molecule has 2 rings (SSSR count). The first-order valence-electron chi connectivity index (χ1n) is 5.00. The number of hydrogen-bond acceptors (Lipinski definition) is 3. The van der Waals surface area contributed by atoms with E-state index in [1.807, 2.05) is 17.5 Å². The summed E-state index contributed by atoms with van der Waals surface area (Å²) in [7, 11) is -2.89. The lowest BCUT2D eigenvalue weighted by molar-refractivity contribution is 0.538. The highest BCUT2D eigenvalue weighted by molar-refractivity contribution is 9.09. The second-order valence-corrected chi connectivity index (χ2v) is 8.12. The van der Waals surface area contributed by atoms with Crippen molar-refractivity contribution >= 4 is 37.1 Å². The van der Waals surface area contributed by atoms with Crippen molar-refractivity contribution < 1.29 is 8.42 Å². The lowest BCUT2D eigenvalue weighted by atomic mass is 10.1. The van der Waals surface area contributed by atoms with E-state index < -0.39 is 9.84 Å². The van der Waals surface area contributed by atoms with E-state index in [9.17, 15) is 8.42 Å². The molecule has 84 valence electrons. The molecule has 0 spiro atoms. The first-order chi connectivity index (χ1) is 7.11. The Labute approximate surface area is 103 Å². The summed E-state index contributed by atoms with van der Waals surface area (Å²) in [6.07, 6.45) is 2.64. The summed E-state index contributed by atoms with van der Waals surface area (Å²) in [6, 6.07) is 3.96. The number of thiophene rings is 1. The molecule has 0 amide bonds. The summed E-state index contributed by atoms with van der Waals surface area (Å²) < 4.78 is 23.8. The van der Waals surface area contributed by atoms with Gasteiger partial charge in [0, 0.05) is 4.88 Å². The van der Waals surface area contributed by atoms with Crippen molar-refractivity contribution in [2.75, 3.05) is 5.75 Å². The quantitative estimate of drug-likeness (QED) is 0.787. The SMILES string of the molecule is O=S1(=O)CCCCC1C(Br)c1cccs1. The van der Waals surface area contributed by atoms with Crippen molar-refractivity contribution in [3.05, 3.63) is 22.4 Å². The van der Waals surface area contributed by atoms with E-state index in [2.05, 4.69) is 15.9 Å². The summed E-state index contributed by atoms with van der Waals surface area (Å²) in [6.45, 7) is 0. The molecule has 1 aromatic heterocycles. The Kier molecular flexibility index (Phi) is 3.52. The Bertz CT molecular complexity index is 411. The van der Waals surface area contributed by atoms with Crippen molar-refractivity contribution in [3.63, 3.8) is 0 Å². The van der Waals surface area contributed by atoms with E-state index in [1.54, 1.807) is 11.3 Å². The molecule has 15 heavy (non-hydrogen) atoms. The van der Waals surface area contributed by atoms with Crippen LogP contribution in [-0.2, 0) is 9.84 Å². The third-order valence-corrected chi connectivity index (χ3v) is 7.80. The van der Waals surface area contributed by atoms with Gasteiger partial charge in [0.25, 0.3) is 0 Å². The molecule has 0 N–H and O–H groups in total. The zero-order valence-electron chi connectivity index (χ0n) is 8.23. The smallest absolute Gasteiger partial charge is 0.154 e. The summed E-state index contributed by atoms with van der Waals surface area (Å²) >= 11 is 5.15. The van der Waals surface area contributed by atoms with Gasteiger partial charge in [-0.15, -0.1) is 11.3 Å². The molecule has 5 heteroatoms. The van der Waals surface area contributed by atoms with Crippen LogP contribution in [0, 0.1) is 0 Å². The summed E-state index contributed by atoms with van der Waals surface area (Å²) in [5, 5.41) is 1.75. The molecule has 0 bridgehead atoms.